The van der Waals surface area contributed by atoms with Crippen LogP contribution in [-0.4, -0.2) is 36.4 Å². The van der Waals surface area contributed by atoms with Crippen molar-refractivity contribution in [3.8, 4) is 0 Å². The van der Waals surface area contributed by atoms with Crippen LogP contribution in [0.4, 0.5) is 0 Å². The third-order valence-electron chi connectivity index (χ3n) is 4.91. The zero-order valence-corrected chi connectivity index (χ0v) is 13.1. The van der Waals surface area contributed by atoms with Crippen molar-refractivity contribution in [1.82, 2.24) is 0 Å². The van der Waals surface area contributed by atoms with Gasteiger partial charge in [0.05, 0.1) is 11.7 Å². The lowest BCUT2D eigenvalue weighted by molar-refractivity contribution is -0.141. The van der Waals surface area contributed by atoms with E-state index in [2.05, 4.69) is 19.6 Å². The van der Waals surface area contributed by atoms with Crippen LogP contribution in [0.25, 0.3) is 0 Å². The Morgan fingerprint density at radius 2 is 2.32 bits per heavy atom. The fraction of sp³-hybridized carbons (Fsp3) is 0.647. The Labute approximate surface area is 130 Å². The van der Waals surface area contributed by atoms with E-state index in [1.54, 1.807) is 0 Å². The second-order valence-corrected chi connectivity index (χ2v) is 6.62. The molecule has 0 aromatic carbocycles. The molecule has 0 saturated carbocycles. The molecule has 22 heavy (non-hydrogen) atoms. The molecule has 0 N–H and O–H groups in total. The van der Waals surface area contributed by atoms with Crippen LogP contribution in [0.15, 0.2) is 23.8 Å². The van der Waals surface area contributed by atoms with Gasteiger partial charge in [0, 0.05) is 24.8 Å². The molecule has 2 fully saturated rings. The van der Waals surface area contributed by atoms with Crippen LogP contribution in [0.1, 0.15) is 39.5 Å². The first-order valence-electron chi connectivity index (χ1n) is 7.78. The molecule has 2 saturated heterocycles. The SMILES string of the molecule is C=C1C(=O)O[C@H]2C[C@]3(C)O[C@H]3CC/C(COC(C)=O)=C/C[C@H]12. The Morgan fingerprint density at radius 3 is 3.05 bits per heavy atom. The van der Waals surface area contributed by atoms with Gasteiger partial charge in [-0.3, -0.25) is 4.79 Å². The van der Waals surface area contributed by atoms with E-state index in [1.165, 1.54) is 6.92 Å². The predicted molar refractivity (Wildman–Crippen MR) is 79.0 cm³/mol. The van der Waals surface area contributed by atoms with Crippen molar-refractivity contribution in [3.05, 3.63) is 23.8 Å². The van der Waals surface area contributed by atoms with Gasteiger partial charge in [-0.2, -0.15) is 0 Å². The van der Waals surface area contributed by atoms with Crippen LogP contribution >= 0.6 is 0 Å². The minimum absolute atomic E-state index is 0.0143. The third kappa shape index (κ3) is 2.95. The number of hydrogen-bond donors (Lipinski definition) is 0. The largest absolute Gasteiger partial charge is 0.461 e. The number of allylic oxidation sites excluding steroid dienone is 1. The average molecular weight is 306 g/mol. The Balaban J connectivity index is 1.78. The molecule has 5 nitrogen and oxygen atoms in total. The van der Waals surface area contributed by atoms with Gasteiger partial charge < -0.3 is 14.2 Å². The Hall–Kier alpha value is -1.62. The van der Waals surface area contributed by atoms with Gasteiger partial charge in [-0.1, -0.05) is 12.7 Å². The maximum absolute atomic E-state index is 11.8. The molecule has 120 valence electrons. The highest BCUT2D eigenvalue weighted by Gasteiger charge is 2.55. The van der Waals surface area contributed by atoms with Crippen LogP contribution in [0, 0.1) is 5.92 Å². The van der Waals surface area contributed by atoms with Crippen molar-refractivity contribution < 1.29 is 23.8 Å². The maximum atomic E-state index is 11.8. The summed E-state index contributed by atoms with van der Waals surface area (Å²) in [7, 11) is 0. The molecule has 3 rings (SSSR count). The lowest BCUT2D eigenvalue weighted by Gasteiger charge is -2.20. The summed E-state index contributed by atoms with van der Waals surface area (Å²) in [6, 6.07) is 0. The fourth-order valence-corrected chi connectivity index (χ4v) is 3.42. The monoisotopic (exact) mass is 306 g/mol. The molecular formula is C17H22O5. The number of epoxide rings is 1. The molecular weight excluding hydrogens is 284 g/mol. The Kier molecular flexibility index (Phi) is 3.85. The predicted octanol–water partition coefficient (Wildman–Crippen LogP) is 2.31. The lowest BCUT2D eigenvalue weighted by Crippen LogP contribution is -2.26. The van der Waals surface area contributed by atoms with Crippen LogP contribution < -0.4 is 0 Å². The molecule has 5 heteroatoms. The van der Waals surface area contributed by atoms with E-state index in [1.807, 2.05) is 0 Å². The molecule has 0 aromatic rings. The zero-order valence-electron chi connectivity index (χ0n) is 13.1. The number of ether oxygens (including phenoxy) is 3. The highest BCUT2D eigenvalue weighted by molar-refractivity contribution is 5.90. The van der Waals surface area contributed by atoms with Crippen LogP contribution in [0.5, 0.6) is 0 Å². The molecule has 3 aliphatic rings. The van der Waals surface area contributed by atoms with E-state index in [0.717, 1.165) is 24.8 Å². The van der Waals surface area contributed by atoms with Gasteiger partial charge >= 0.3 is 11.9 Å². The van der Waals surface area contributed by atoms with Crippen molar-refractivity contribution in [2.45, 2.75) is 57.3 Å². The summed E-state index contributed by atoms with van der Waals surface area (Å²) in [4.78, 5) is 22.8. The van der Waals surface area contributed by atoms with Crippen molar-refractivity contribution in [3.63, 3.8) is 0 Å². The normalized spacial score (nSPS) is 39.9. The number of carbonyl (C=O) groups is 2. The van der Waals surface area contributed by atoms with Crippen LogP contribution in [0.2, 0.25) is 0 Å². The highest BCUT2D eigenvalue weighted by Crippen LogP contribution is 2.47. The summed E-state index contributed by atoms with van der Waals surface area (Å²) in [5, 5.41) is 0. The molecule has 2 heterocycles. The standard InChI is InChI=1S/C17H22O5/c1-10-13-6-4-12(9-20-11(2)18)5-7-15-17(3,22-15)8-14(13)21-16(10)19/h4,13-15H,1,5-9H2,2-3H3/b12-4-/t13-,14+,15+,17+/m1/s1. The smallest absolute Gasteiger partial charge is 0.334 e. The number of fused-ring (bicyclic) bond motifs is 2. The van der Waals surface area contributed by atoms with Gasteiger partial charge in [0.2, 0.25) is 0 Å². The molecule has 0 bridgehead atoms. The summed E-state index contributed by atoms with van der Waals surface area (Å²) in [6.07, 6.45) is 5.23. The highest BCUT2D eigenvalue weighted by atomic mass is 16.6. The van der Waals surface area contributed by atoms with Crippen LogP contribution in [-0.2, 0) is 23.8 Å². The minimum atomic E-state index is -0.301. The summed E-state index contributed by atoms with van der Waals surface area (Å²) < 4.78 is 16.4. The molecule has 0 radical (unpaired) electrons. The van der Waals surface area contributed by atoms with Crippen molar-refractivity contribution in [2.24, 2.45) is 5.92 Å². The Morgan fingerprint density at radius 1 is 1.55 bits per heavy atom. The van der Waals surface area contributed by atoms with Gasteiger partial charge in [-0.25, -0.2) is 4.79 Å². The number of rotatable bonds is 2. The molecule has 4 atom stereocenters. The molecule has 0 unspecified atom stereocenters. The van der Waals surface area contributed by atoms with E-state index in [0.29, 0.717) is 18.6 Å². The Bertz CT molecular complexity index is 549. The molecule has 0 aromatic heterocycles. The van der Waals surface area contributed by atoms with E-state index in [4.69, 9.17) is 14.2 Å². The average Bonchev–Trinajstić information content (AvgIpc) is 3.01. The van der Waals surface area contributed by atoms with E-state index < -0.39 is 0 Å². The van der Waals surface area contributed by atoms with Crippen molar-refractivity contribution in [2.75, 3.05) is 6.61 Å². The molecule has 1 aliphatic carbocycles. The quantitative estimate of drug-likeness (QED) is 0.339. The number of esters is 2. The van der Waals surface area contributed by atoms with Gasteiger partial charge in [0.15, 0.2) is 0 Å². The maximum Gasteiger partial charge on any atom is 0.334 e. The van der Waals surface area contributed by atoms with Gasteiger partial charge in [-0.05, 0) is 31.8 Å². The first-order chi connectivity index (χ1) is 10.4. The summed E-state index contributed by atoms with van der Waals surface area (Å²) >= 11 is 0. The zero-order chi connectivity index (χ0) is 15.9. The first-order valence-corrected chi connectivity index (χ1v) is 7.78. The van der Waals surface area contributed by atoms with Gasteiger partial charge in [0.1, 0.15) is 12.7 Å². The number of carbonyl (C=O) groups excluding carboxylic acids is 2. The third-order valence-corrected chi connectivity index (χ3v) is 4.91. The fourth-order valence-electron chi connectivity index (χ4n) is 3.42. The summed E-state index contributed by atoms with van der Waals surface area (Å²) in [5.41, 5.74) is 1.40. The van der Waals surface area contributed by atoms with E-state index >= 15 is 0 Å². The second-order valence-electron chi connectivity index (χ2n) is 6.62. The molecule has 0 spiro atoms. The molecule has 2 aliphatic heterocycles. The van der Waals surface area contributed by atoms with E-state index in [-0.39, 0.29) is 35.7 Å². The summed E-state index contributed by atoms with van der Waals surface area (Å²) in [6.45, 7) is 7.66. The summed E-state index contributed by atoms with van der Waals surface area (Å²) in [5.74, 6) is -0.600. The second kappa shape index (κ2) is 5.54. The van der Waals surface area contributed by atoms with Gasteiger partial charge in [-0.15, -0.1) is 0 Å². The minimum Gasteiger partial charge on any atom is -0.461 e. The number of hydrogen-bond acceptors (Lipinski definition) is 5. The lowest BCUT2D eigenvalue weighted by atomic mass is 9.84. The van der Waals surface area contributed by atoms with Gasteiger partial charge in [0.25, 0.3) is 0 Å². The van der Waals surface area contributed by atoms with Crippen molar-refractivity contribution >= 4 is 11.9 Å². The molecule has 0 amide bonds. The topological polar surface area (TPSA) is 65.1 Å². The van der Waals surface area contributed by atoms with Crippen molar-refractivity contribution in [1.29, 1.82) is 0 Å². The van der Waals surface area contributed by atoms with Crippen LogP contribution in [0.3, 0.4) is 0 Å². The first kappa shape index (κ1) is 15.3. The van der Waals surface area contributed by atoms with E-state index in [9.17, 15) is 9.59 Å².